The fourth-order valence-corrected chi connectivity index (χ4v) is 1.75. The van der Waals surface area contributed by atoms with Crippen LogP contribution < -0.4 is 10.6 Å². The summed E-state index contributed by atoms with van der Waals surface area (Å²) in [4.78, 5) is 16.9. The first kappa shape index (κ1) is 19.1. The molecule has 128 valence electrons. The Hall–Kier alpha value is -2.93. The van der Waals surface area contributed by atoms with Crippen molar-refractivity contribution >= 4 is 17.5 Å². The average molecular weight is 332 g/mol. The van der Waals surface area contributed by atoms with Crippen LogP contribution in [-0.4, -0.2) is 24.8 Å². The quantitative estimate of drug-likeness (QED) is 0.334. The molecule has 0 saturated heterocycles. The van der Waals surface area contributed by atoms with Gasteiger partial charge in [0, 0.05) is 40.8 Å². The zero-order valence-electron chi connectivity index (χ0n) is 13.9. The van der Waals surface area contributed by atoms with E-state index in [2.05, 4.69) is 30.7 Å². The third-order valence-electron chi connectivity index (χ3n) is 2.67. The molecule has 0 saturated carbocycles. The number of alkyl carbamates (subject to hydrolysis) is 1. The van der Waals surface area contributed by atoms with E-state index >= 15 is 0 Å². The molecule has 1 amide bonds. The van der Waals surface area contributed by atoms with Crippen LogP contribution >= 0.6 is 0 Å². The number of azide groups is 2. The predicted molar refractivity (Wildman–Crippen MR) is 90.0 cm³/mol. The molecular formula is C14H20N8O2. The summed E-state index contributed by atoms with van der Waals surface area (Å²) in [6, 6.07) is 4.85. The molecule has 1 aromatic rings. The average Bonchev–Trinajstić information content (AvgIpc) is 2.47. The summed E-state index contributed by atoms with van der Waals surface area (Å²) >= 11 is 0. The van der Waals surface area contributed by atoms with E-state index in [4.69, 9.17) is 15.8 Å². The van der Waals surface area contributed by atoms with Gasteiger partial charge in [0.1, 0.15) is 5.60 Å². The van der Waals surface area contributed by atoms with Crippen molar-refractivity contribution in [3.63, 3.8) is 0 Å². The van der Waals surface area contributed by atoms with Crippen LogP contribution in [0.3, 0.4) is 0 Å². The minimum absolute atomic E-state index is 0.371. The van der Waals surface area contributed by atoms with Crippen molar-refractivity contribution < 1.29 is 9.53 Å². The first-order chi connectivity index (χ1) is 11.4. The number of hydrogen-bond acceptors (Lipinski definition) is 5. The van der Waals surface area contributed by atoms with Gasteiger partial charge in [0.15, 0.2) is 0 Å². The number of nitrogens with zero attached hydrogens (tertiary/aromatic N) is 6. The fraction of sp³-hybridized carbons (Fsp3) is 0.500. The van der Waals surface area contributed by atoms with Gasteiger partial charge in [-0.1, -0.05) is 22.4 Å². The van der Waals surface area contributed by atoms with E-state index in [1.165, 1.54) is 6.07 Å². The number of ether oxygens (including phenoxy) is 1. The summed E-state index contributed by atoms with van der Waals surface area (Å²) in [7, 11) is 0. The van der Waals surface area contributed by atoms with Crippen LogP contribution in [0.4, 0.5) is 16.2 Å². The van der Waals surface area contributed by atoms with Crippen molar-refractivity contribution in [1.29, 1.82) is 0 Å². The summed E-state index contributed by atoms with van der Waals surface area (Å²) < 4.78 is 5.12. The SMILES string of the molecule is CC(C)(C)OC(=O)NCCNCc1ccc(N=[N+]=[N-])cc1N=[N+]=[N-]. The van der Waals surface area contributed by atoms with Gasteiger partial charge in [-0.05, 0) is 43.5 Å². The molecule has 0 bridgehead atoms. The van der Waals surface area contributed by atoms with Crippen LogP contribution in [0.15, 0.2) is 28.4 Å². The second kappa shape index (κ2) is 9.26. The van der Waals surface area contributed by atoms with Crippen molar-refractivity contribution in [1.82, 2.24) is 10.6 Å². The highest BCUT2D eigenvalue weighted by Crippen LogP contribution is 2.25. The maximum Gasteiger partial charge on any atom is 0.407 e. The highest BCUT2D eigenvalue weighted by Gasteiger charge is 2.15. The second-order valence-corrected chi connectivity index (χ2v) is 5.80. The minimum atomic E-state index is -0.532. The topological polar surface area (TPSA) is 148 Å². The first-order valence-electron chi connectivity index (χ1n) is 7.26. The van der Waals surface area contributed by atoms with E-state index in [0.717, 1.165) is 5.56 Å². The van der Waals surface area contributed by atoms with Gasteiger partial charge in [0.2, 0.25) is 0 Å². The van der Waals surface area contributed by atoms with Crippen LogP contribution in [0.25, 0.3) is 20.9 Å². The fourth-order valence-electron chi connectivity index (χ4n) is 1.75. The van der Waals surface area contributed by atoms with Gasteiger partial charge in [-0.25, -0.2) is 4.79 Å². The Bertz CT molecular complexity index is 670. The summed E-state index contributed by atoms with van der Waals surface area (Å²) in [6.45, 7) is 6.71. The van der Waals surface area contributed by atoms with E-state index in [-0.39, 0.29) is 0 Å². The molecule has 1 rings (SSSR count). The molecule has 0 spiro atoms. The largest absolute Gasteiger partial charge is 0.444 e. The van der Waals surface area contributed by atoms with Gasteiger partial charge in [-0.2, -0.15) is 0 Å². The Balaban J connectivity index is 2.49. The lowest BCUT2D eigenvalue weighted by Gasteiger charge is -2.19. The number of benzene rings is 1. The molecular weight excluding hydrogens is 312 g/mol. The molecule has 0 atom stereocenters. The molecule has 10 heteroatoms. The molecule has 24 heavy (non-hydrogen) atoms. The van der Waals surface area contributed by atoms with E-state index in [0.29, 0.717) is 31.0 Å². The molecule has 10 nitrogen and oxygen atoms in total. The van der Waals surface area contributed by atoms with Gasteiger partial charge in [0.05, 0.1) is 0 Å². The maximum absolute atomic E-state index is 11.5. The van der Waals surface area contributed by atoms with Crippen molar-refractivity contribution in [2.75, 3.05) is 13.1 Å². The Kier molecular flexibility index (Phi) is 7.38. The van der Waals surface area contributed by atoms with E-state index in [1.54, 1.807) is 32.9 Å². The lowest BCUT2D eigenvalue weighted by molar-refractivity contribution is 0.0528. The Labute approximate surface area is 139 Å². The molecule has 2 N–H and O–H groups in total. The Morgan fingerprint density at radius 3 is 2.54 bits per heavy atom. The van der Waals surface area contributed by atoms with Crippen molar-refractivity contribution in [3.8, 4) is 0 Å². The molecule has 1 aromatic carbocycles. The Morgan fingerprint density at radius 2 is 1.92 bits per heavy atom. The molecule has 0 aliphatic carbocycles. The molecule has 0 unspecified atom stereocenters. The van der Waals surface area contributed by atoms with Crippen LogP contribution in [0, 0.1) is 0 Å². The highest BCUT2D eigenvalue weighted by molar-refractivity contribution is 5.67. The third-order valence-corrected chi connectivity index (χ3v) is 2.67. The zero-order valence-corrected chi connectivity index (χ0v) is 13.9. The van der Waals surface area contributed by atoms with Crippen LogP contribution in [0.5, 0.6) is 0 Å². The lowest BCUT2D eigenvalue weighted by Crippen LogP contribution is -2.36. The van der Waals surface area contributed by atoms with Crippen LogP contribution in [-0.2, 0) is 11.3 Å². The molecule has 0 fully saturated rings. The van der Waals surface area contributed by atoms with Gasteiger partial charge < -0.3 is 15.4 Å². The maximum atomic E-state index is 11.5. The van der Waals surface area contributed by atoms with Crippen molar-refractivity contribution in [2.24, 2.45) is 10.2 Å². The summed E-state index contributed by atoms with van der Waals surface area (Å²) in [6.07, 6.45) is -0.474. The van der Waals surface area contributed by atoms with E-state index in [9.17, 15) is 4.79 Å². The van der Waals surface area contributed by atoms with Gasteiger partial charge in [-0.15, -0.1) is 0 Å². The number of carbonyl (C=O) groups is 1. The minimum Gasteiger partial charge on any atom is -0.444 e. The number of amides is 1. The smallest absolute Gasteiger partial charge is 0.407 e. The Morgan fingerprint density at radius 1 is 1.21 bits per heavy atom. The number of hydrogen-bond donors (Lipinski definition) is 2. The predicted octanol–water partition coefficient (Wildman–Crippen LogP) is 4.18. The van der Waals surface area contributed by atoms with Gasteiger partial charge in [-0.3, -0.25) is 0 Å². The standard InChI is InChI=1S/C14H20N8O2/c1-14(2,3)24-13(23)18-7-6-17-9-10-4-5-11(19-21-15)8-12(10)20-22-16/h4-5,8,17H,6-7,9H2,1-3H3,(H,18,23). The van der Waals surface area contributed by atoms with E-state index in [1.807, 2.05) is 0 Å². The summed E-state index contributed by atoms with van der Waals surface area (Å²) in [5, 5.41) is 12.8. The molecule has 0 aliphatic rings. The van der Waals surface area contributed by atoms with Crippen molar-refractivity contribution in [2.45, 2.75) is 32.9 Å². The molecule has 0 aliphatic heterocycles. The van der Waals surface area contributed by atoms with Gasteiger partial charge >= 0.3 is 6.09 Å². The monoisotopic (exact) mass is 332 g/mol. The molecule has 0 aromatic heterocycles. The summed E-state index contributed by atoms with van der Waals surface area (Å²) in [5.74, 6) is 0. The number of nitrogens with one attached hydrogen (secondary N) is 2. The van der Waals surface area contributed by atoms with Crippen molar-refractivity contribution in [3.05, 3.63) is 44.6 Å². The van der Waals surface area contributed by atoms with Crippen LogP contribution in [0.2, 0.25) is 0 Å². The molecule has 0 radical (unpaired) electrons. The number of rotatable bonds is 7. The van der Waals surface area contributed by atoms with E-state index < -0.39 is 11.7 Å². The second-order valence-electron chi connectivity index (χ2n) is 5.80. The number of carbonyl (C=O) groups excluding carboxylic acids is 1. The normalized spacial score (nSPS) is 10.3. The van der Waals surface area contributed by atoms with Crippen LogP contribution in [0.1, 0.15) is 26.3 Å². The highest BCUT2D eigenvalue weighted by atomic mass is 16.6. The first-order valence-corrected chi connectivity index (χ1v) is 7.26. The lowest BCUT2D eigenvalue weighted by atomic mass is 10.1. The zero-order chi connectivity index (χ0) is 18.0. The third kappa shape index (κ3) is 7.37. The molecule has 0 heterocycles. The summed E-state index contributed by atoms with van der Waals surface area (Å²) in [5.41, 5.74) is 18.0. The van der Waals surface area contributed by atoms with Gasteiger partial charge in [0.25, 0.3) is 0 Å².